The van der Waals surface area contributed by atoms with Gasteiger partial charge in [0.25, 0.3) is 10.0 Å². The molecule has 0 heterocycles. The third-order valence-corrected chi connectivity index (χ3v) is 5.00. The third kappa shape index (κ3) is 3.36. The molecule has 0 radical (unpaired) electrons. The molecule has 0 unspecified atom stereocenters. The molecule has 0 saturated carbocycles. The fourth-order valence-corrected chi connectivity index (χ4v) is 3.67. The average Bonchev–Trinajstić information content (AvgIpc) is 2.37. The normalized spacial score (nSPS) is 11.4. The van der Waals surface area contributed by atoms with Gasteiger partial charge in [0.05, 0.1) is 15.8 Å². The number of benzene rings is 2. The molecule has 0 aliphatic heterocycles. The van der Waals surface area contributed by atoms with E-state index in [1.54, 1.807) is 19.1 Å². The molecule has 112 valence electrons. The van der Waals surface area contributed by atoms with Crippen LogP contribution in [0.3, 0.4) is 0 Å². The van der Waals surface area contributed by atoms with Crippen LogP contribution in [0.5, 0.6) is 0 Å². The molecule has 0 fully saturated rings. The summed E-state index contributed by atoms with van der Waals surface area (Å²) >= 11 is 2.96. The van der Waals surface area contributed by atoms with Crippen LogP contribution in [-0.2, 0) is 10.0 Å². The molecule has 0 amide bonds. The molecule has 0 bridgehead atoms. The van der Waals surface area contributed by atoms with Crippen LogP contribution in [0.15, 0.2) is 39.7 Å². The monoisotopic (exact) mass is 372 g/mol. The van der Waals surface area contributed by atoms with Crippen molar-refractivity contribution in [2.24, 2.45) is 0 Å². The van der Waals surface area contributed by atoms with E-state index in [2.05, 4.69) is 20.7 Å². The summed E-state index contributed by atoms with van der Waals surface area (Å²) in [6, 6.07) is 7.46. The second-order valence-electron chi connectivity index (χ2n) is 4.73. The van der Waals surface area contributed by atoms with Gasteiger partial charge < -0.3 is 5.73 Å². The van der Waals surface area contributed by atoms with Crippen molar-refractivity contribution in [3.8, 4) is 0 Å². The van der Waals surface area contributed by atoms with Gasteiger partial charge in [-0.05, 0) is 53.5 Å². The first-order chi connectivity index (χ1) is 9.70. The molecule has 4 nitrogen and oxygen atoms in total. The van der Waals surface area contributed by atoms with Crippen LogP contribution in [0.2, 0.25) is 0 Å². The number of rotatable bonds is 3. The zero-order chi connectivity index (χ0) is 15.8. The second-order valence-corrected chi connectivity index (χ2v) is 7.23. The minimum atomic E-state index is -3.89. The van der Waals surface area contributed by atoms with Crippen molar-refractivity contribution in [2.75, 3.05) is 10.5 Å². The number of anilines is 2. The van der Waals surface area contributed by atoms with E-state index < -0.39 is 15.8 Å². The fourth-order valence-electron chi connectivity index (χ4n) is 1.90. The lowest BCUT2D eigenvalue weighted by Gasteiger charge is -2.13. The predicted octanol–water partition coefficient (Wildman–Crippen LogP) is 3.59. The summed E-state index contributed by atoms with van der Waals surface area (Å²) in [5, 5.41) is 0. The second kappa shape index (κ2) is 5.65. The topological polar surface area (TPSA) is 72.2 Å². The number of hydrogen-bond acceptors (Lipinski definition) is 3. The number of nitrogens with two attached hydrogens (primary N) is 1. The Bertz CT molecular complexity index is 807. The highest BCUT2D eigenvalue weighted by atomic mass is 79.9. The molecule has 2 rings (SSSR count). The van der Waals surface area contributed by atoms with Crippen LogP contribution in [-0.4, -0.2) is 8.42 Å². The number of halogens is 2. The van der Waals surface area contributed by atoms with Gasteiger partial charge in [-0.15, -0.1) is 0 Å². The van der Waals surface area contributed by atoms with Gasteiger partial charge >= 0.3 is 0 Å². The molecule has 0 atom stereocenters. The van der Waals surface area contributed by atoms with Gasteiger partial charge in [0.1, 0.15) is 10.7 Å². The van der Waals surface area contributed by atoms with Crippen molar-refractivity contribution >= 4 is 37.3 Å². The molecule has 0 aromatic heterocycles. The van der Waals surface area contributed by atoms with Crippen LogP contribution >= 0.6 is 15.9 Å². The number of sulfonamides is 1. The Morgan fingerprint density at radius 1 is 1.19 bits per heavy atom. The first kappa shape index (κ1) is 15.8. The van der Waals surface area contributed by atoms with E-state index in [1.165, 1.54) is 0 Å². The first-order valence-corrected chi connectivity index (χ1v) is 8.33. The van der Waals surface area contributed by atoms with Crippen LogP contribution in [0.25, 0.3) is 0 Å². The highest BCUT2D eigenvalue weighted by molar-refractivity contribution is 9.10. The van der Waals surface area contributed by atoms with Crippen LogP contribution in [0.1, 0.15) is 11.1 Å². The maximum Gasteiger partial charge on any atom is 0.263 e. The quantitative estimate of drug-likeness (QED) is 0.808. The summed E-state index contributed by atoms with van der Waals surface area (Å²) < 4.78 is 40.6. The summed E-state index contributed by atoms with van der Waals surface area (Å²) in [5.41, 5.74) is 7.74. The Hall–Kier alpha value is -1.60. The number of nitrogens with one attached hydrogen (secondary N) is 1. The maximum atomic E-state index is 13.3. The molecule has 2 aromatic rings. The molecule has 3 N–H and O–H groups in total. The Kier molecular flexibility index (Phi) is 4.25. The molecular formula is C14H14BrFN2O2S. The lowest BCUT2D eigenvalue weighted by atomic mass is 10.1. The molecule has 0 aliphatic carbocycles. The number of hydrogen-bond donors (Lipinski definition) is 2. The fraction of sp³-hybridized carbons (Fsp3) is 0.143. The summed E-state index contributed by atoms with van der Waals surface area (Å²) in [5.74, 6) is -0.613. The minimum Gasteiger partial charge on any atom is -0.398 e. The van der Waals surface area contributed by atoms with Crippen molar-refractivity contribution in [3.63, 3.8) is 0 Å². The summed E-state index contributed by atoms with van der Waals surface area (Å²) in [4.78, 5) is -0.171. The highest BCUT2D eigenvalue weighted by Gasteiger charge is 2.20. The van der Waals surface area contributed by atoms with Gasteiger partial charge in [0.2, 0.25) is 0 Å². The zero-order valence-corrected chi connectivity index (χ0v) is 13.8. The lowest BCUT2D eigenvalue weighted by Crippen LogP contribution is -2.16. The molecule has 21 heavy (non-hydrogen) atoms. The lowest BCUT2D eigenvalue weighted by molar-refractivity contribution is 0.599. The van der Waals surface area contributed by atoms with E-state index in [9.17, 15) is 12.8 Å². The third-order valence-electron chi connectivity index (χ3n) is 2.97. The van der Waals surface area contributed by atoms with Crippen molar-refractivity contribution in [2.45, 2.75) is 18.7 Å². The summed E-state index contributed by atoms with van der Waals surface area (Å²) in [7, 11) is -3.89. The standard InChI is InChI=1S/C14H14BrFN2O2S/c1-8-3-4-13(9(2)5-8)18-21(19,20)14-6-10(15)11(16)7-12(14)17/h3-7,18H,17H2,1-2H3. The van der Waals surface area contributed by atoms with Crippen LogP contribution in [0, 0.1) is 19.7 Å². The number of nitrogen functional groups attached to an aromatic ring is 1. The molecule has 0 spiro atoms. The molecule has 0 saturated heterocycles. The van der Waals surface area contributed by atoms with Crippen molar-refractivity contribution in [1.82, 2.24) is 0 Å². The zero-order valence-electron chi connectivity index (χ0n) is 11.4. The van der Waals surface area contributed by atoms with Crippen molar-refractivity contribution < 1.29 is 12.8 Å². The Morgan fingerprint density at radius 2 is 1.86 bits per heavy atom. The van der Waals surface area contributed by atoms with E-state index in [1.807, 2.05) is 13.0 Å². The Morgan fingerprint density at radius 3 is 2.48 bits per heavy atom. The van der Waals surface area contributed by atoms with E-state index in [0.29, 0.717) is 5.69 Å². The van der Waals surface area contributed by atoms with Gasteiger partial charge in [-0.2, -0.15) is 0 Å². The van der Waals surface area contributed by atoms with Gasteiger partial charge in [-0.3, -0.25) is 4.72 Å². The smallest absolute Gasteiger partial charge is 0.263 e. The molecule has 0 aliphatic rings. The SMILES string of the molecule is Cc1ccc(NS(=O)(=O)c2cc(Br)c(F)cc2N)c(C)c1. The highest BCUT2D eigenvalue weighted by Crippen LogP contribution is 2.28. The Labute approximate surface area is 131 Å². The largest absolute Gasteiger partial charge is 0.398 e. The van der Waals surface area contributed by atoms with E-state index in [4.69, 9.17) is 5.73 Å². The van der Waals surface area contributed by atoms with Gasteiger partial charge in [0, 0.05) is 0 Å². The number of aryl methyl sites for hydroxylation is 2. The van der Waals surface area contributed by atoms with Gasteiger partial charge in [-0.1, -0.05) is 17.7 Å². The molecule has 7 heteroatoms. The minimum absolute atomic E-state index is 0.0395. The average molecular weight is 373 g/mol. The van der Waals surface area contributed by atoms with Gasteiger partial charge in [-0.25, -0.2) is 12.8 Å². The maximum absolute atomic E-state index is 13.3. The molecule has 2 aromatic carbocycles. The first-order valence-electron chi connectivity index (χ1n) is 6.05. The molecular weight excluding hydrogens is 359 g/mol. The van der Waals surface area contributed by atoms with Crippen LogP contribution in [0.4, 0.5) is 15.8 Å². The summed E-state index contributed by atoms with van der Waals surface area (Å²) in [6.07, 6.45) is 0. The van der Waals surface area contributed by atoms with Crippen molar-refractivity contribution in [1.29, 1.82) is 0 Å². The summed E-state index contributed by atoms with van der Waals surface area (Å²) in [6.45, 7) is 3.72. The van der Waals surface area contributed by atoms with E-state index >= 15 is 0 Å². The van der Waals surface area contributed by atoms with E-state index in [0.717, 1.165) is 23.3 Å². The Balaban J connectivity index is 2.46. The predicted molar refractivity (Wildman–Crippen MR) is 85.2 cm³/mol. The van der Waals surface area contributed by atoms with Crippen LogP contribution < -0.4 is 10.5 Å². The van der Waals surface area contributed by atoms with E-state index in [-0.39, 0.29) is 15.1 Å². The van der Waals surface area contributed by atoms with Gasteiger partial charge in [0.15, 0.2) is 0 Å². The van der Waals surface area contributed by atoms with Crippen molar-refractivity contribution in [3.05, 3.63) is 51.7 Å².